The van der Waals surface area contributed by atoms with E-state index in [1.54, 1.807) is 0 Å². The summed E-state index contributed by atoms with van der Waals surface area (Å²) in [7, 11) is 0. The molecule has 3 heterocycles. The van der Waals surface area contributed by atoms with Crippen LogP contribution in [-0.2, 0) is 16.1 Å². The number of piperazine rings is 1. The van der Waals surface area contributed by atoms with Crippen molar-refractivity contribution in [1.29, 1.82) is 0 Å². The van der Waals surface area contributed by atoms with Crippen molar-refractivity contribution in [3.8, 4) is 0 Å². The highest BCUT2D eigenvalue weighted by Crippen LogP contribution is 2.36. The summed E-state index contributed by atoms with van der Waals surface area (Å²) in [5, 5.41) is 4.12. The highest BCUT2D eigenvalue weighted by molar-refractivity contribution is 6.30. The maximum absolute atomic E-state index is 13.5. The number of carbonyl (C=O) groups is 1. The number of benzene rings is 1. The van der Waals surface area contributed by atoms with E-state index in [2.05, 4.69) is 42.0 Å². The summed E-state index contributed by atoms with van der Waals surface area (Å²) >= 11 is 6.07. The molecule has 0 saturated carbocycles. The van der Waals surface area contributed by atoms with E-state index < -0.39 is 0 Å². The number of hydrogen-bond acceptors (Lipinski definition) is 5. The first-order valence-corrected chi connectivity index (χ1v) is 11.4. The van der Waals surface area contributed by atoms with Gasteiger partial charge < -0.3 is 19.9 Å². The molecule has 1 aromatic heterocycles. The van der Waals surface area contributed by atoms with Crippen LogP contribution in [0.5, 0.6) is 0 Å². The van der Waals surface area contributed by atoms with Crippen molar-refractivity contribution in [3.05, 3.63) is 58.4 Å². The van der Waals surface area contributed by atoms with Gasteiger partial charge in [-0.15, -0.1) is 0 Å². The van der Waals surface area contributed by atoms with E-state index in [0.717, 1.165) is 24.3 Å². The number of fused-ring (bicyclic) bond motifs is 1. The number of aromatic nitrogens is 1. The fourth-order valence-corrected chi connectivity index (χ4v) is 4.54. The van der Waals surface area contributed by atoms with Crippen molar-refractivity contribution in [2.24, 2.45) is 0 Å². The number of anilines is 1. The van der Waals surface area contributed by atoms with Crippen LogP contribution in [0.2, 0.25) is 5.02 Å². The van der Waals surface area contributed by atoms with Crippen LogP contribution < -0.4 is 10.2 Å². The van der Waals surface area contributed by atoms with Gasteiger partial charge in [0.1, 0.15) is 0 Å². The van der Waals surface area contributed by atoms with Gasteiger partial charge in [-0.1, -0.05) is 37.6 Å². The lowest BCUT2D eigenvalue weighted by molar-refractivity contribution is -0.133. The van der Waals surface area contributed by atoms with E-state index in [1.165, 1.54) is 11.3 Å². The van der Waals surface area contributed by atoms with E-state index in [4.69, 9.17) is 16.3 Å². The van der Waals surface area contributed by atoms with Crippen LogP contribution in [0.4, 0.5) is 5.69 Å². The SMILES string of the molecule is CC(C)NCC(C(=O)N1CCN(c2ccnc3c2[C@H](C)OC3)CC1)c1ccc(Cl)cc1. The molecule has 6 nitrogen and oxygen atoms in total. The Morgan fingerprint density at radius 1 is 1.19 bits per heavy atom. The Balaban J connectivity index is 1.46. The summed E-state index contributed by atoms with van der Waals surface area (Å²) in [4.78, 5) is 22.3. The third-order valence-electron chi connectivity index (χ3n) is 6.16. The Morgan fingerprint density at radius 3 is 2.58 bits per heavy atom. The van der Waals surface area contributed by atoms with E-state index in [9.17, 15) is 4.79 Å². The topological polar surface area (TPSA) is 57.7 Å². The monoisotopic (exact) mass is 442 g/mol. The van der Waals surface area contributed by atoms with Crippen molar-refractivity contribution in [3.63, 3.8) is 0 Å². The summed E-state index contributed by atoms with van der Waals surface area (Å²) in [5.41, 5.74) is 4.43. The molecule has 1 N–H and O–H groups in total. The quantitative estimate of drug-likeness (QED) is 0.738. The summed E-state index contributed by atoms with van der Waals surface area (Å²) in [6.07, 6.45) is 1.93. The zero-order valence-electron chi connectivity index (χ0n) is 18.5. The zero-order chi connectivity index (χ0) is 22.0. The fourth-order valence-electron chi connectivity index (χ4n) is 4.41. The third-order valence-corrected chi connectivity index (χ3v) is 6.41. The number of amides is 1. The van der Waals surface area contributed by atoms with Gasteiger partial charge >= 0.3 is 0 Å². The minimum atomic E-state index is -0.218. The molecule has 1 aromatic carbocycles. The van der Waals surface area contributed by atoms with Crippen LogP contribution in [0, 0.1) is 0 Å². The molecule has 2 aromatic rings. The summed E-state index contributed by atoms with van der Waals surface area (Å²) in [6.45, 7) is 10.5. The lowest BCUT2D eigenvalue weighted by Crippen LogP contribution is -2.51. The molecule has 2 aliphatic rings. The van der Waals surface area contributed by atoms with Crippen LogP contribution in [0.1, 0.15) is 49.6 Å². The molecular formula is C24H31ClN4O2. The Morgan fingerprint density at radius 2 is 1.90 bits per heavy atom. The lowest BCUT2D eigenvalue weighted by Gasteiger charge is -2.38. The second-order valence-corrected chi connectivity index (χ2v) is 9.06. The van der Waals surface area contributed by atoms with Gasteiger partial charge in [-0.25, -0.2) is 0 Å². The van der Waals surface area contributed by atoms with Gasteiger partial charge in [-0.2, -0.15) is 0 Å². The fraction of sp³-hybridized carbons (Fsp3) is 0.500. The molecule has 0 radical (unpaired) electrons. The van der Waals surface area contributed by atoms with Crippen molar-refractivity contribution in [2.75, 3.05) is 37.6 Å². The summed E-state index contributed by atoms with van der Waals surface area (Å²) in [6, 6.07) is 10.0. The molecule has 0 bridgehead atoms. The lowest BCUT2D eigenvalue weighted by atomic mass is 9.96. The number of ether oxygens (including phenoxy) is 1. The van der Waals surface area contributed by atoms with Crippen LogP contribution >= 0.6 is 11.6 Å². The Labute approximate surface area is 189 Å². The van der Waals surface area contributed by atoms with E-state index in [-0.39, 0.29) is 17.9 Å². The number of carbonyl (C=O) groups excluding carboxylic acids is 1. The van der Waals surface area contributed by atoms with Crippen molar-refractivity contribution in [2.45, 2.75) is 45.4 Å². The second-order valence-electron chi connectivity index (χ2n) is 8.62. The first-order valence-electron chi connectivity index (χ1n) is 11.1. The number of halogens is 1. The molecule has 4 rings (SSSR count). The van der Waals surface area contributed by atoms with Gasteiger partial charge in [0.2, 0.25) is 5.91 Å². The highest BCUT2D eigenvalue weighted by Gasteiger charge is 2.31. The minimum absolute atomic E-state index is 0.0646. The first kappa shape index (κ1) is 22.1. The number of rotatable bonds is 6. The van der Waals surface area contributed by atoms with Crippen LogP contribution in [0.25, 0.3) is 0 Å². The van der Waals surface area contributed by atoms with Gasteiger partial charge in [-0.3, -0.25) is 9.78 Å². The predicted molar refractivity (Wildman–Crippen MR) is 124 cm³/mol. The number of nitrogens with zero attached hydrogens (tertiary/aromatic N) is 3. The number of pyridine rings is 1. The molecule has 1 amide bonds. The molecule has 2 atom stereocenters. The van der Waals surface area contributed by atoms with Crippen molar-refractivity contribution < 1.29 is 9.53 Å². The van der Waals surface area contributed by atoms with Gasteiger partial charge in [0.05, 0.1) is 24.3 Å². The largest absolute Gasteiger partial charge is 0.368 e. The average Bonchev–Trinajstić information content (AvgIpc) is 3.16. The maximum Gasteiger partial charge on any atom is 0.231 e. The van der Waals surface area contributed by atoms with Gasteiger partial charge in [0.15, 0.2) is 0 Å². The summed E-state index contributed by atoms with van der Waals surface area (Å²) < 4.78 is 5.78. The molecule has 0 spiro atoms. The zero-order valence-corrected chi connectivity index (χ0v) is 19.2. The van der Waals surface area contributed by atoms with E-state index in [1.807, 2.05) is 35.4 Å². The second kappa shape index (κ2) is 9.55. The smallest absolute Gasteiger partial charge is 0.231 e. The highest BCUT2D eigenvalue weighted by atomic mass is 35.5. The molecule has 166 valence electrons. The first-order chi connectivity index (χ1) is 14.9. The molecule has 1 fully saturated rings. The van der Waals surface area contributed by atoms with E-state index in [0.29, 0.717) is 37.3 Å². The van der Waals surface area contributed by atoms with Crippen molar-refractivity contribution in [1.82, 2.24) is 15.2 Å². The molecule has 7 heteroatoms. The Hall–Kier alpha value is -2.15. The maximum atomic E-state index is 13.5. The molecule has 31 heavy (non-hydrogen) atoms. The average molecular weight is 443 g/mol. The van der Waals surface area contributed by atoms with Gasteiger partial charge in [-0.05, 0) is 30.7 Å². The van der Waals surface area contributed by atoms with Crippen molar-refractivity contribution >= 4 is 23.2 Å². The molecule has 2 aliphatic heterocycles. The Bertz CT molecular complexity index is 910. The summed E-state index contributed by atoms with van der Waals surface area (Å²) in [5.74, 6) is -0.0448. The standard InChI is InChI=1S/C24H31ClN4O2/c1-16(2)27-14-20(18-4-6-19(25)7-5-18)24(30)29-12-10-28(11-13-29)22-8-9-26-21-15-31-17(3)23(21)22/h4-9,16-17,20,27H,10-15H2,1-3H3/t17-,20?/m0/s1. The molecular weight excluding hydrogens is 412 g/mol. The van der Waals surface area contributed by atoms with E-state index >= 15 is 0 Å². The molecule has 0 aliphatic carbocycles. The Kier molecular flexibility index (Phi) is 6.80. The van der Waals surface area contributed by atoms with Gasteiger partial charge in [0.25, 0.3) is 0 Å². The van der Waals surface area contributed by atoms with Crippen LogP contribution in [-0.4, -0.2) is 54.6 Å². The number of hydrogen-bond donors (Lipinski definition) is 1. The predicted octanol–water partition coefficient (Wildman–Crippen LogP) is 3.76. The van der Waals surface area contributed by atoms with Gasteiger partial charge in [0, 0.05) is 61.2 Å². The normalized spacial score (nSPS) is 19.6. The van der Waals surface area contributed by atoms with Crippen LogP contribution in [0.15, 0.2) is 36.5 Å². The minimum Gasteiger partial charge on any atom is -0.368 e. The van der Waals surface area contributed by atoms with Crippen LogP contribution in [0.3, 0.4) is 0 Å². The molecule has 1 unspecified atom stereocenters. The third kappa shape index (κ3) is 4.86. The molecule has 1 saturated heterocycles. The number of nitrogens with one attached hydrogen (secondary N) is 1.